The molecule has 0 spiro atoms. The Balaban J connectivity index is 0. The quantitative estimate of drug-likeness (QED) is 0.485. The van der Waals surface area contributed by atoms with Crippen LogP contribution in [0.25, 0.3) is 0 Å². The SMILES string of the molecule is Cl.Cl.[Cr].[Fe]. The summed E-state index contributed by atoms with van der Waals surface area (Å²) in [6.45, 7) is 0. The molecule has 0 aliphatic rings. The van der Waals surface area contributed by atoms with Crippen molar-refractivity contribution in [3.63, 3.8) is 0 Å². The van der Waals surface area contributed by atoms with Crippen molar-refractivity contribution in [2.75, 3.05) is 0 Å². The van der Waals surface area contributed by atoms with Gasteiger partial charge in [0.1, 0.15) is 0 Å². The molecule has 0 saturated heterocycles. The van der Waals surface area contributed by atoms with Gasteiger partial charge in [-0.3, -0.25) is 0 Å². The molecular formula is H2Cl2CrFe. The number of halogens is 2. The molecule has 0 aromatic heterocycles. The van der Waals surface area contributed by atoms with Crippen molar-refractivity contribution >= 4 is 24.8 Å². The van der Waals surface area contributed by atoms with Gasteiger partial charge in [-0.15, -0.1) is 24.8 Å². The van der Waals surface area contributed by atoms with E-state index in [9.17, 15) is 0 Å². The topological polar surface area (TPSA) is 0 Å². The van der Waals surface area contributed by atoms with Crippen LogP contribution >= 0.6 is 24.8 Å². The first kappa shape index (κ1) is 45.4. The minimum absolute atomic E-state index is 0. The summed E-state index contributed by atoms with van der Waals surface area (Å²) in [5.74, 6) is 0. The minimum atomic E-state index is 0. The van der Waals surface area contributed by atoms with Crippen molar-refractivity contribution < 1.29 is 34.4 Å². The van der Waals surface area contributed by atoms with E-state index >= 15 is 0 Å². The normalized spacial score (nSPS) is 0. The summed E-state index contributed by atoms with van der Waals surface area (Å²) in [6, 6.07) is 0. The van der Waals surface area contributed by atoms with Crippen LogP contribution in [0.4, 0.5) is 0 Å². The molecule has 0 heterocycles. The summed E-state index contributed by atoms with van der Waals surface area (Å²) in [5.41, 5.74) is 0. The fraction of sp³-hybridized carbons (Fsp3) is 0. The smallest absolute Gasteiger partial charge is 0 e. The van der Waals surface area contributed by atoms with Gasteiger partial charge in [0.15, 0.2) is 0 Å². The summed E-state index contributed by atoms with van der Waals surface area (Å²) < 4.78 is 0. The molecule has 0 aromatic rings. The second kappa shape index (κ2) is 22.9. The molecule has 0 bridgehead atoms. The molecule has 0 nitrogen and oxygen atoms in total. The van der Waals surface area contributed by atoms with Gasteiger partial charge in [-0.05, 0) is 0 Å². The third-order valence-corrected chi connectivity index (χ3v) is 0. The summed E-state index contributed by atoms with van der Waals surface area (Å²) in [5, 5.41) is 0. The van der Waals surface area contributed by atoms with Crippen molar-refractivity contribution in [3.05, 3.63) is 0 Å². The Hall–Kier alpha value is 1.63. The first-order valence-corrected chi connectivity index (χ1v) is 0. The van der Waals surface area contributed by atoms with E-state index in [1.165, 1.54) is 0 Å². The van der Waals surface area contributed by atoms with Crippen LogP contribution in [-0.4, -0.2) is 0 Å². The monoisotopic (exact) mass is 180 g/mol. The molecule has 4 heavy (non-hydrogen) atoms. The number of rotatable bonds is 0. The molecule has 0 rings (SSSR count). The maximum atomic E-state index is 0. The van der Waals surface area contributed by atoms with E-state index in [1.807, 2.05) is 0 Å². The molecule has 0 atom stereocenters. The zero-order valence-corrected chi connectivity index (χ0v) is 5.59. The van der Waals surface area contributed by atoms with Crippen molar-refractivity contribution in [3.8, 4) is 0 Å². The van der Waals surface area contributed by atoms with Crippen LogP contribution in [0, 0.1) is 0 Å². The third kappa shape index (κ3) is 9.45. The van der Waals surface area contributed by atoms with Crippen molar-refractivity contribution in [2.45, 2.75) is 0 Å². The molecule has 0 radical (unpaired) electrons. The Kier molecular flexibility index (Phi) is 260. The van der Waals surface area contributed by atoms with Crippen LogP contribution in [-0.2, 0) is 34.4 Å². The molecule has 30 valence electrons. The third-order valence-electron chi connectivity index (χ3n) is 0. The zero-order valence-electron chi connectivity index (χ0n) is 1.58. The van der Waals surface area contributed by atoms with Gasteiger partial charge in [0, 0.05) is 34.4 Å². The fourth-order valence-corrected chi connectivity index (χ4v) is 0. The van der Waals surface area contributed by atoms with Crippen LogP contribution in [0.15, 0.2) is 0 Å². The second-order valence-corrected chi connectivity index (χ2v) is 0. The van der Waals surface area contributed by atoms with E-state index in [1.54, 1.807) is 0 Å². The molecule has 0 N–H and O–H groups in total. The predicted octanol–water partition coefficient (Wildman–Crippen LogP) is 0.839. The standard InChI is InChI=1S/2ClH.Cr.Fe/h2*1H;;. The van der Waals surface area contributed by atoms with Crippen molar-refractivity contribution in [1.29, 1.82) is 0 Å². The molecule has 0 aliphatic carbocycles. The molecule has 0 aliphatic heterocycles. The van der Waals surface area contributed by atoms with Gasteiger partial charge in [0.25, 0.3) is 0 Å². The maximum Gasteiger partial charge on any atom is 0 e. The van der Waals surface area contributed by atoms with Crippen LogP contribution < -0.4 is 0 Å². The number of hydrogen-bond donors (Lipinski definition) is 0. The van der Waals surface area contributed by atoms with Crippen LogP contribution in [0.1, 0.15) is 0 Å². The number of hydrogen-bond acceptors (Lipinski definition) is 0. The second-order valence-electron chi connectivity index (χ2n) is 0. The minimum Gasteiger partial charge on any atom is -0.147 e. The molecular weight excluding hydrogens is 179 g/mol. The van der Waals surface area contributed by atoms with Crippen molar-refractivity contribution in [2.24, 2.45) is 0 Å². The Labute approximate surface area is 59.1 Å². The Morgan fingerprint density at radius 3 is 0.750 bits per heavy atom. The summed E-state index contributed by atoms with van der Waals surface area (Å²) in [7, 11) is 0. The molecule has 0 unspecified atom stereocenters. The zero-order chi connectivity index (χ0) is 0. The van der Waals surface area contributed by atoms with Gasteiger partial charge in [-0.2, -0.15) is 0 Å². The van der Waals surface area contributed by atoms with E-state index in [4.69, 9.17) is 0 Å². The van der Waals surface area contributed by atoms with Crippen LogP contribution in [0.2, 0.25) is 0 Å². The predicted molar refractivity (Wildman–Crippen MR) is 14.5 cm³/mol. The fourth-order valence-electron chi connectivity index (χ4n) is 0. The average Bonchev–Trinajstić information content (AvgIpc) is 0. The first-order valence-electron chi connectivity index (χ1n) is 0. The summed E-state index contributed by atoms with van der Waals surface area (Å²) in [4.78, 5) is 0. The van der Waals surface area contributed by atoms with Gasteiger partial charge >= 0.3 is 0 Å². The summed E-state index contributed by atoms with van der Waals surface area (Å²) >= 11 is 0. The van der Waals surface area contributed by atoms with E-state index in [0.717, 1.165) is 0 Å². The van der Waals surface area contributed by atoms with E-state index in [0.29, 0.717) is 0 Å². The van der Waals surface area contributed by atoms with E-state index < -0.39 is 0 Å². The Morgan fingerprint density at radius 2 is 0.750 bits per heavy atom. The molecule has 0 aromatic carbocycles. The molecule has 4 heteroatoms. The molecule has 0 saturated carbocycles. The average molecular weight is 181 g/mol. The van der Waals surface area contributed by atoms with Gasteiger partial charge in [-0.25, -0.2) is 0 Å². The van der Waals surface area contributed by atoms with E-state index in [-0.39, 0.29) is 59.2 Å². The summed E-state index contributed by atoms with van der Waals surface area (Å²) in [6.07, 6.45) is 0. The van der Waals surface area contributed by atoms with Gasteiger partial charge in [-0.1, -0.05) is 0 Å². The van der Waals surface area contributed by atoms with E-state index in [2.05, 4.69) is 0 Å². The molecule has 0 fully saturated rings. The van der Waals surface area contributed by atoms with Crippen LogP contribution in [0.3, 0.4) is 0 Å². The van der Waals surface area contributed by atoms with Crippen LogP contribution in [0.5, 0.6) is 0 Å². The van der Waals surface area contributed by atoms with Gasteiger partial charge < -0.3 is 0 Å². The molecule has 0 amide bonds. The van der Waals surface area contributed by atoms with Gasteiger partial charge in [0.2, 0.25) is 0 Å². The van der Waals surface area contributed by atoms with Gasteiger partial charge in [0.05, 0.1) is 0 Å². The maximum absolute atomic E-state index is 0. The Bertz CT molecular complexity index is 6.00. The largest absolute Gasteiger partial charge is 0.147 e. The first-order chi connectivity index (χ1) is 0. The van der Waals surface area contributed by atoms with Crippen molar-refractivity contribution in [1.82, 2.24) is 0 Å². The Morgan fingerprint density at radius 1 is 0.750 bits per heavy atom.